The average molecular weight is 147 g/mol. The molecule has 0 aliphatic heterocycles. The topological polar surface area (TPSA) is 53.2 Å². The average Bonchev–Trinajstić information content (AvgIpc) is 1.91. The number of hydrazine groups is 1. The van der Waals surface area contributed by atoms with Crippen molar-refractivity contribution < 1.29 is 4.79 Å². The van der Waals surface area contributed by atoms with Gasteiger partial charge in [-0.25, -0.2) is 5.43 Å². The van der Waals surface area contributed by atoms with Gasteiger partial charge in [-0.05, 0) is 20.5 Å². The summed E-state index contributed by atoms with van der Waals surface area (Å²) in [7, 11) is 3.75. The highest BCUT2D eigenvalue weighted by Crippen LogP contribution is 1.62. The van der Waals surface area contributed by atoms with Crippen LogP contribution < -0.4 is 16.2 Å². The van der Waals surface area contributed by atoms with Crippen molar-refractivity contribution in [2.24, 2.45) is 0 Å². The first-order valence-electron chi connectivity index (χ1n) is 3.34. The number of nitrogens with one attached hydrogen (secondary N) is 3. The molecule has 0 spiro atoms. The predicted octanol–water partition coefficient (Wildman–Crippen LogP) is -0.517. The molecule has 0 aliphatic carbocycles. The second-order valence-electron chi connectivity index (χ2n) is 1.69. The number of rotatable bonds is 4. The molecule has 3 N–H and O–H groups in total. The molecule has 0 saturated heterocycles. The van der Waals surface area contributed by atoms with E-state index < -0.39 is 0 Å². The zero-order valence-electron chi connectivity index (χ0n) is 6.90. The largest absolute Gasteiger partial charge is 0.323 e. The zero-order chi connectivity index (χ0) is 8.24. The van der Waals surface area contributed by atoms with Gasteiger partial charge in [0.15, 0.2) is 0 Å². The summed E-state index contributed by atoms with van der Waals surface area (Å²) in [4.78, 5) is 9.51. The summed E-state index contributed by atoms with van der Waals surface area (Å²) in [5.74, 6) is 0. The van der Waals surface area contributed by atoms with Gasteiger partial charge in [0.1, 0.15) is 0 Å². The molecule has 0 aliphatic rings. The van der Waals surface area contributed by atoms with Crippen LogP contribution in [0, 0.1) is 0 Å². The van der Waals surface area contributed by atoms with Gasteiger partial charge < -0.3 is 5.32 Å². The third-order valence-electron chi connectivity index (χ3n) is 0.536. The fourth-order valence-corrected chi connectivity index (χ4v) is 0.239. The number of hydrogen-bond donors (Lipinski definition) is 3. The minimum Gasteiger partial charge on any atom is -0.323 e. The quantitative estimate of drug-likeness (QED) is 0.285. The fraction of sp³-hybridized carbons (Fsp3) is 0.833. The van der Waals surface area contributed by atoms with Gasteiger partial charge in [-0.3, -0.25) is 10.2 Å². The van der Waals surface area contributed by atoms with E-state index in [2.05, 4.69) is 16.2 Å². The second-order valence-corrected chi connectivity index (χ2v) is 1.69. The molecule has 0 unspecified atom stereocenters. The Kier molecular flexibility index (Phi) is 19.1. The molecule has 0 aromatic carbocycles. The summed E-state index contributed by atoms with van der Waals surface area (Å²) in [6, 6.07) is 0. The third kappa shape index (κ3) is 26.3. The maximum absolute atomic E-state index is 9.51. The lowest BCUT2D eigenvalue weighted by atomic mass is 10.5. The normalized spacial score (nSPS) is 7.50. The van der Waals surface area contributed by atoms with E-state index in [0.29, 0.717) is 6.41 Å². The van der Waals surface area contributed by atoms with Crippen LogP contribution >= 0.6 is 0 Å². The van der Waals surface area contributed by atoms with Gasteiger partial charge in [-0.1, -0.05) is 6.92 Å². The molecular formula is C6H17N3O. The van der Waals surface area contributed by atoms with Crippen LogP contribution in [0.25, 0.3) is 0 Å². The standard InChI is InChI=1S/C4H10N2O.C2H7N/c1-2-3-5-6-4-7;1-3-2/h4-5H,2-3H2,1H3,(H,6,7);3H,1-2H3. The molecule has 0 saturated carbocycles. The first-order chi connectivity index (χ1) is 4.83. The Balaban J connectivity index is 0. The van der Waals surface area contributed by atoms with Crippen molar-refractivity contribution in [1.29, 1.82) is 0 Å². The number of carbonyl (C=O) groups excluding carboxylic acids is 1. The van der Waals surface area contributed by atoms with E-state index in [4.69, 9.17) is 0 Å². The third-order valence-corrected chi connectivity index (χ3v) is 0.536. The van der Waals surface area contributed by atoms with Crippen LogP contribution in [0.1, 0.15) is 13.3 Å². The highest BCUT2D eigenvalue weighted by Gasteiger charge is 1.73. The molecule has 4 nitrogen and oxygen atoms in total. The minimum absolute atomic E-state index is 0.621. The Morgan fingerprint density at radius 3 is 2.20 bits per heavy atom. The molecule has 0 atom stereocenters. The lowest BCUT2D eigenvalue weighted by Gasteiger charge is -1.94. The first-order valence-corrected chi connectivity index (χ1v) is 3.34. The summed E-state index contributed by atoms with van der Waals surface area (Å²) in [5, 5.41) is 2.75. The Morgan fingerprint density at radius 1 is 1.40 bits per heavy atom. The summed E-state index contributed by atoms with van der Waals surface area (Å²) < 4.78 is 0. The molecule has 1 amide bonds. The number of hydrogen-bond acceptors (Lipinski definition) is 3. The van der Waals surface area contributed by atoms with Gasteiger partial charge in [0.05, 0.1) is 0 Å². The lowest BCUT2D eigenvalue weighted by molar-refractivity contribution is -0.110. The van der Waals surface area contributed by atoms with Crippen LogP contribution in [-0.4, -0.2) is 27.1 Å². The maximum atomic E-state index is 9.51. The van der Waals surface area contributed by atoms with E-state index in [0.717, 1.165) is 13.0 Å². The fourth-order valence-electron chi connectivity index (χ4n) is 0.239. The molecule has 62 valence electrons. The SMILES string of the molecule is CCCNNC=O.CNC. The van der Waals surface area contributed by atoms with Crippen molar-refractivity contribution >= 4 is 6.41 Å². The molecular weight excluding hydrogens is 130 g/mol. The Hall–Kier alpha value is -0.610. The highest BCUT2D eigenvalue weighted by atomic mass is 16.1. The van der Waals surface area contributed by atoms with Crippen LogP contribution in [-0.2, 0) is 4.79 Å². The maximum Gasteiger partial charge on any atom is 0.221 e. The Morgan fingerprint density at radius 2 is 1.90 bits per heavy atom. The molecule has 4 heteroatoms. The van der Waals surface area contributed by atoms with Crippen molar-refractivity contribution in [2.45, 2.75) is 13.3 Å². The van der Waals surface area contributed by atoms with Crippen molar-refractivity contribution in [2.75, 3.05) is 20.6 Å². The van der Waals surface area contributed by atoms with E-state index in [1.54, 1.807) is 0 Å². The molecule has 0 bridgehead atoms. The van der Waals surface area contributed by atoms with Crippen LogP contribution in [0.2, 0.25) is 0 Å². The van der Waals surface area contributed by atoms with Crippen molar-refractivity contribution in [3.05, 3.63) is 0 Å². The van der Waals surface area contributed by atoms with Gasteiger partial charge in [-0.15, -0.1) is 0 Å². The van der Waals surface area contributed by atoms with Crippen LogP contribution in [0.4, 0.5) is 0 Å². The minimum atomic E-state index is 0.621. The van der Waals surface area contributed by atoms with E-state index in [-0.39, 0.29) is 0 Å². The van der Waals surface area contributed by atoms with Crippen LogP contribution in [0.5, 0.6) is 0 Å². The zero-order valence-corrected chi connectivity index (χ0v) is 6.90. The van der Waals surface area contributed by atoms with Crippen LogP contribution in [0.3, 0.4) is 0 Å². The van der Waals surface area contributed by atoms with Gasteiger partial charge in [0.25, 0.3) is 0 Å². The number of amides is 1. The smallest absolute Gasteiger partial charge is 0.221 e. The predicted molar refractivity (Wildman–Crippen MR) is 42.5 cm³/mol. The van der Waals surface area contributed by atoms with Crippen molar-refractivity contribution in [3.63, 3.8) is 0 Å². The van der Waals surface area contributed by atoms with Gasteiger partial charge in [-0.2, -0.15) is 0 Å². The van der Waals surface area contributed by atoms with Crippen molar-refractivity contribution in [1.82, 2.24) is 16.2 Å². The monoisotopic (exact) mass is 147 g/mol. The lowest BCUT2D eigenvalue weighted by Crippen LogP contribution is -2.30. The summed E-state index contributed by atoms with van der Waals surface area (Å²) >= 11 is 0. The van der Waals surface area contributed by atoms with E-state index in [9.17, 15) is 4.79 Å². The molecule has 10 heavy (non-hydrogen) atoms. The number of carbonyl (C=O) groups is 1. The molecule has 0 fully saturated rings. The van der Waals surface area contributed by atoms with Crippen LogP contribution in [0.15, 0.2) is 0 Å². The van der Waals surface area contributed by atoms with Gasteiger partial charge in [0.2, 0.25) is 6.41 Å². The van der Waals surface area contributed by atoms with Gasteiger partial charge in [0, 0.05) is 6.54 Å². The summed E-state index contributed by atoms with van der Waals surface area (Å²) in [6.07, 6.45) is 1.65. The first kappa shape index (κ1) is 12.1. The van der Waals surface area contributed by atoms with Gasteiger partial charge >= 0.3 is 0 Å². The van der Waals surface area contributed by atoms with E-state index in [1.165, 1.54) is 0 Å². The Bertz CT molecular complexity index is 59.0. The summed E-state index contributed by atoms with van der Waals surface area (Å²) in [6.45, 7) is 2.86. The second kappa shape index (κ2) is 15.8. The molecule has 0 heterocycles. The van der Waals surface area contributed by atoms with E-state index in [1.807, 2.05) is 21.0 Å². The molecule has 0 radical (unpaired) electrons. The summed E-state index contributed by atoms with van der Waals surface area (Å²) in [5.41, 5.74) is 4.99. The van der Waals surface area contributed by atoms with Crippen molar-refractivity contribution in [3.8, 4) is 0 Å². The van der Waals surface area contributed by atoms with E-state index >= 15 is 0 Å². The highest BCUT2D eigenvalue weighted by molar-refractivity contribution is 5.44. The Labute approximate surface area is 62.4 Å². The molecule has 0 aromatic heterocycles. The molecule has 0 rings (SSSR count). The molecule has 0 aromatic rings.